The third kappa shape index (κ3) is 6.98. The minimum absolute atomic E-state index is 0.0121. The first-order chi connectivity index (χ1) is 20.3. The number of nitrogens with one attached hydrogen (secondary N) is 2. The second kappa shape index (κ2) is 13.1. The number of piperidine rings is 1. The monoisotopic (exact) mass is 603 g/mol. The van der Waals surface area contributed by atoms with Gasteiger partial charge in [-0.05, 0) is 56.6 Å². The van der Waals surface area contributed by atoms with Gasteiger partial charge in [0.25, 0.3) is 0 Å². The van der Waals surface area contributed by atoms with Crippen LogP contribution in [0, 0.1) is 11.7 Å². The van der Waals surface area contributed by atoms with Crippen LogP contribution in [0.4, 0.5) is 14.5 Å². The lowest BCUT2D eigenvalue weighted by Crippen LogP contribution is -2.51. The molecule has 13 heteroatoms. The maximum atomic E-state index is 15.7. The Morgan fingerprint density at radius 3 is 2.49 bits per heavy atom. The number of nitrogens with zero attached hydrogens (tertiary/aromatic N) is 2. The molecule has 1 aliphatic carbocycles. The Hall–Kier alpha value is -4.00. The van der Waals surface area contributed by atoms with E-state index in [0.29, 0.717) is 36.9 Å². The number of ether oxygens (including phenoxy) is 1. The molecule has 234 valence electrons. The van der Waals surface area contributed by atoms with E-state index in [4.69, 9.17) is 10.5 Å². The standard InChI is InChI=1S/C30H39F2N5O6/c1-15(2)10-23(35-28(39)16(3)33)29(40)34-12-22(32)17-6-5-9-36(13-17)25-21(31)11-19-24(27(25)43-4)37(18-7-8-18)14-20(26(19)38)30(41)42/h11,14-16,18,23H,5-10,12-13,33H2,1-4H3,(H,34,40)(H,35,39)(H,41,42). The van der Waals surface area contributed by atoms with Crippen LogP contribution in [0.15, 0.2) is 28.5 Å². The zero-order chi connectivity index (χ0) is 31.6. The lowest BCUT2D eigenvalue weighted by Gasteiger charge is -2.33. The number of aromatic carboxylic acids is 1. The van der Waals surface area contributed by atoms with Crippen LogP contribution in [-0.2, 0) is 9.59 Å². The molecule has 2 amide bonds. The number of anilines is 1. The number of carboxylic acids is 1. The lowest BCUT2D eigenvalue weighted by atomic mass is 10.0. The van der Waals surface area contributed by atoms with Gasteiger partial charge in [-0.2, -0.15) is 0 Å². The van der Waals surface area contributed by atoms with E-state index >= 15 is 8.78 Å². The van der Waals surface area contributed by atoms with Crippen molar-refractivity contribution in [2.45, 2.75) is 71.0 Å². The molecule has 2 atom stereocenters. The number of carboxylic acid groups (broad SMARTS) is 1. The van der Waals surface area contributed by atoms with Crippen molar-refractivity contribution in [1.82, 2.24) is 15.2 Å². The molecule has 2 unspecified atom stereocenters. The summed E-state index contributed by atoms with van der Waals surface area (Å²) in [6.45, 7) is 5.28. The Balaban J connectivity index is 1.62. The minimum Gasteiger partial charge on any atom is -0.492 e. The number of carbonyl (C=O) groups excluding carboxylic acids is 2. The largest absolute Gasteiger partial charge is 0.492 e. The van der Waals surface area contributed by atoms with Crippen molar-refractivity contribution in [2.75, 3.05) is 31.6 Å². The van der Waals surface area contributed by atoms with E-state index in [-0.39, 0.29) is 35.3 Å². The average molecular weight is 604 g/mol. The number of amides is 2. The number of aromatic nitrogens is 1. The van der Waals surface area contributed by atoms with Crippen LogP contribution in [0.1, 0.15) is 69.3 Å². The molecule has 1 saturated heterocycles. The second-order valence-corrected chi connectivity index (χ2v) is 11.7. The fourth-order valence-corrected chi connectivity index (χ4v) is 5.43. The number of halogens is 2. The summed E-state index contributed by atoms with van der Waals surface area (Å²) in [5.41, 5.74) is 5.08. The Bertz CT molecular complexity index is 1510. The van der Waals surface area contributed by atoms with Gasteiger partial charge in [0.1, 0.15) is 23.1 Å². The number of benzene rings is 1. The van der Waals surface area contributed by atoms with E-state index in [2.05, 4.69) is 10.6 Å². The summed E-state index contributed by atoms with van der Waals surface area (Å²) < 4.78 is 38.5. The molecule has 0 spiro atoms. The summed E-state index contributed by atoms with van der Waals surface area (Å²) in [4.78, 5) is 51.3. The molecule has 1 aliphatic heterocycles. The van der Waals surface area contributed by atoms with Crippen molar-refractivity contribution >= 4 is 34.4 Å². The lowest BCUT2D eigenvalue weighted by molar-refractivity contribution is -0.129. The maximum Gasteiger partial charge on any atom is 0.341 e. The summed E-state index contributed by atoms with van der Waals surface area (Å²) >= 11 is 0. The van der Waals surface area contributed by atoms with E-state index in [1.54, 1.807) is 9.47 Å². The van der Waals surface area contributed by atoms with Crippen molar-refractivity contribution in [3.05, 3.63) is 45.3 Å². The maximum absolute atomic E-state index is 15.7. The van der Waals surface area contributed by atoms with E-state index in [9.17, 15) is 24.3 Å². The number of nitrogens with two attached hydrogens (primary N) is 1. The van der Waals surface area contributed by atoms with Gasteiger partial charge in [0.05, 0.1) is 30.6 Å². The molecular weight excluding hydrogens is 564 g/mol. The first-order valence-electron chi connectivity index (χ1n) is 14.5. The number of hydrogen-bond acceptors (Lipinski definition) is 7. The third-order valence-electron chi connectivity index (χ3n) is 7.73. The van der Waals surface area contributed by atoms with Crippen LogP contribution in [0.5, 0.6) is 5.75 Å². The van der Waals surface area contributed by atoms with E-state index in [0.717, 1.165) is 18.9 Å². The van der Waals surface area contributed by atoms with Crippen LogP contribution in [-0.4, -0.2) is 66.3 Å². The van der Waals surface area contributed by atoms with Gasteiger partial charge >= 0.3 is 5.97 Å². The predicted molar refractivity (Wildman–Crippen MR) is 158 cm³/mol. The van der Waals surface area contributed by atoms with Crippen LogP contribution in [0.3, 0.4) is 0 Å². The fraction of sp³-hybridized carbons (Fsp3) is 0.533. The Kier molecular flexibility index (Phi) is 9.73. The number of rotatable bonds is 11. The fourth-order valence-electron chi connectivity index (χ4n) is 5.43. The topological polar surface area (TPSA) is 156 Å². The smallest absolute Gasteiger partial charge is 0.341 e. The highest BCUT2D eigenvalue weighted by Gasteiger charge is 2.32. The van der Waals surface area contributed by atoms with Crippen molar-refractivity contribution in [3.8, 4) is 5.75 Å². The molecule has 1 aromatic carbocycles. The number of pyridine rings is 1. The van der Waals surface area contributed by atoms with Crippen molar-refractivity contribution in [1.29, 1.82) is 0 Å². The van der Waals surface area contributed by atoms with Gasteiger partial charge in [-0.1, -0.05) is 13.8 Å². The first kappa shape index (κ1) is 31.9. The Labute approximate surface area is 248 Å². The van der Waals surface area contributed by atoms with Gasteiger partial charge in [0.15, 0.2) is 11.6 Å². The van der Waals surface area contributed by atoms with Gasteiger partial charge in [-0.25, -0.2) is 13.6 Å². The van der Waals surface area contributed by atoms with Gasteiger partial charge < -0.3 is 35.7 Å². The number of methoxy groups -OCH3 is 1. The summed E-state index contributed by atoms with van der Waals surface area (Å²) in [6, 6.07) is -0.703. The Morgan fingerprint density at radius 1 is 1.21 bits per heavy atom. The SMILES string of the molecule is COc1c(N2CCCC(=C(F)CNC(=O)C(CC(C)C)NC(=O)C(C)N)C2)c(F)cc2c(=O)c(C(=O)O)cn(C3CC3)c12. The number of carbonyl (C=O) groups is 3. The summed E-state index contributed by atoms with van der Waals surface area (Å²) in [7, 11) is 1.35. The molecule has 0 radical (unpaired) electrons. The van der Waals surface area contributed by atoms with Gasteiger partial charge in [-0.15, -0.1) is 0 Å². The molecule has 0 bridgehead atoms. The first-order valence-corrected chi connectivity index (χ1v) is 14.5. The van der Waals surface area contributed by atoms with E-state index in [1.165, 1.54) is 20.2 Å². The highest BCUT2D eigenvalue weighted by Crippen LogP contribution is 2.44. The van der Waals surface area contributed by atoms with Crippen molar-refractivity contribution < 1.29 is 33.0 Å². The highest BCUT2D eigenvalue weighted by molar-refractivity contribution is 5.97. The normalized spacial score (nSPS) is 17.9. The zero-order valence-corrected chi connectivity index (χ0v) is 24.8. The third-order valence-corrected chi connectivity index (χ3v) is 7.73. The van der Waals surface area contributed by atoms with Gasteiger partial charge in [-0.3, -0.25) is 14.4 Å². The summed E-state index contributed by atoms with van der Waals surface area (Å²) in [6.07, 6.45) is 4.05. The molecule has 2 fully saturated rings. The van der Waals surface area contributed by atoms with E-state index < -0.39 is 59.0 Å². The van der Waals surface area contributed by atoms with Crippen molar-refractivity contribution in [2.24, 2.45) is 11.7 Å². The molecule has 2 heterocycles. The molecule has 43 heavy (non-hydrogen) atoms. The number of hydrogen-bond donors (Lipinski definition) is 4. The van der Waals surface area contributed by atoms with Gasteiger partial charge in [0.2, 0.25) is 17.2 Å². The average Bonchev–Trinajstić information content (AvgIpc) is 3.80. The zero-order valence-electron chi connectivity index (χ0n) is 24.8. The van der Waals surface area contributed by atoms with Crippen LogP contribution >= 0.6 is 0 Å². The van der Waals surface area contributed by atoms with Crippen LogP contribution in [0.2, 0.25) is 0 Å². The number of fused-ring (bicyclic) bond motifs is 1. The highest BCUT2D eigenvalue weighted by atomic mass is 19.1. The molecule has 2 aromatic rings. The molecular formula is C30H39F2N5O6. The minimum atomic E-state index is -1.40. The van der Waals surface area contributed by atoms with Gasteiger partial charge in [0, 0.05) is 25.3 Å². The molecule has 1 aromatic heterocycles. The molecule has 1 saturated carbocycles. The summed E-state index contributed by atoms with van der Waals surface area (Å²) in [5, 5.41) is 14.6. The Morgan fingerprint density at radius 2 is 1.91 bits per heavy atom. The van der Waals surface area contributed by atoms with Crippen LogP contribution in [0.25, 0.3) is 10.9 Å². The predicted octanol–water partition coefficient (Wildman–Crippen LogP) is 3.00. The second-order valence-electron chi connectivity index (χ2n) is 11.7. The quantitative estimate of drug-likeness (QED) is 0.306. The molecule has 11 nitrogen and oxygen atoms in total. The van der Waals surface area contributed by atoms with E-state index in [1.807, 2.05) is 13.8 Å². The summed E-state index contributed by atoms with van der Waals surface area (Å²) in [5.74, 6) is -3.62. The van der Waals surface area contributed by atoms with Crippen molar-refractivity contribution in [3.63, 3.8) is 0 Å². The molecule has 5 N–H and O–H groups in total. The van der Waals surface area contributed by atoms with Crippen LogP contribution < -0.4 is 31.4 Å². The molecule has 4 rings (SSSR count). The molecule has 2 aliphatic rings.